The molecule has 1 aliphatic rings. The first-order valence-electron chi connectivity index (χ1n) is 9.65. The number of hydrogen-bond acceptors (Lipinski definition) is 4. The van der Waals surface area contributed by atoms with Gasteiger partial charge in [0.05, 0.1) is 17.9 Å². The molecule has 1 saturated heterocycles. The predicted octanol–water partition coefficient (Wildman–Crippen LogP) is 2.35. The molecule has 7 nitrogen and oxygen atoms in total. The van der Waals surface area contributed by atoms with E-state index >= 15 is 0 Å². The number of pyridine rings is 1. The smallest absolute Gasteiger partial charge is 0.191 e. The molecule has 4 rings (SSSR count). The number of rotatable bonds is 5. The molecule has 1 fully saturated rings. The van der Waals surface area contributed by atoms with E-state index in [2.05, 4.69) is 25.7 Å². The Morgan fingerprint density at radius 1 is 1.21 bits per heavy atom. The first kappa shape index (κ1) is 18.9. The van der Waals surface area contributed by atoms with Crippen LogP contribution >= 0.6 is 0 Å². The zero-order chi connectivity index (χ0) is 20.1. The number of nitrogens with one attached hydrogen (secondary N) is 2. The van der Waals surface area contributed by atoms with E-state index < -0.39 is 0 Å². The van der Waals surface area contributed by atoms with Gasteiger partial charge >= 0.3 is 0 Å². The average molecular weight is 393 g/mol. The van der Waals surface area contributed by atoms with Crippen molar-refractivity contribution in [2.45, 2.75) is 19.0 Å². The summed E-state index contributed by atoms with van der Waals surface area (Å²) in [5.41, 5.74) is 1.94. The van der Waals surface area contributed by atoms with Gasteiger partial charge in [-0.2, -0.15) is 5.10 Å². The van der Waals surface area contributed by atoms with Crippen molar-refractivity contribution in [2.75, 3.05) is 25.0 Å². The van der Waals surface area contributed by atoms with E-state index in [1.807, 2.05) is 52.2 Å². The normalized spacial score (nSPS) is 16.8. The summed E-state index contributed by atoms with van der Waals surface area (Å²) >= 11 is 0. The van der Waals surface area contributed by atoms with E-state index in [-0.39, 0.29) is 11.9 Å². The van der Waals surface area contributed by atoms with Gasteiger partial charge in [0, 0.05) is 38.6 Å². The van der Waals surface area contributed by atoms with Crippen molar-refractivity contribution in [3.8, 4) is 5.69 Å². The van der Waals surface area contributed by atoms with Crippen LogP contribution in [0.15, 0.2) is 65.9 Å². The van der Waals surface area contributed by atoms with Crippen molar-refractivity contribution >= 4 is 11.8 Å². The summed E-state index contributed by atoms with van der Waals surface area (Å²) in [7, 11) is 1.74. The molecule has 1 aliphatic heterocycles. The molecule has 2 N–H and O–H groups in total. The van der Waals surface area contributed by atoms with E-state index in [4.69, 9.17) is 0 Å². The van der Waals surface area contributed by atoms with Crippen LogP contribution in [0.3, 0.4) is 0 Å². The summed E-state index contributed by atoms with van der Waals surface area (Å²) in [6.07, 6.45) is 4.45. The Balaban J connectivity index is 1.31. The van der Waals surface area contributed by atoms with Gasteiger partial charge < -0.3 is 15.5 Å². The fraction of sp³-hybridized carbons (Fsp3) is 0.286. The lowest BCUT2D eigenvalue weighted by molar-refractivity contribution is 0.612. The van der Waals surface area contributed by atoms with Gasteiger partial charge in [0.25, 0.3) is 0 Å². The van der Waals surface area contributed by atoms with E-state index in [1.165, 1.54) is 6.07 Å². The number of nitrogens with zero attached hydrogens (tertiary/aromatic N) is 5. The highest BCUT2D eigenvalue weighted by atomic mass is 19.1. The summed E-state index contributed by atoms with van der Waals surface area (Å²) < 4.78 is 15.8. The third kappa shape index (κ3) is 4.53. The zero-order valence-electron chi connectivity index (χ0n) is 16.3. The molecule has 0 bridgehead atoms. The summed E-state index contributed by atoms with van der Waals surface area (Å²) in [6.45, 7) is 1.99. The third-order valence-corrected chi connectivity index (χ3v) is 4.89. The van der Waals surface area contributed by atoms with Crippen molar-refractivity contribution in [3.63, 3.8) is 0 Å². The van der Waals surface area contributed by atoms with Crippen molar-refractivity contribution in [1.82, 2.24) is 25.4 Å². The fourth-order valence-electron chi connectivity index (χ4n) is 3.42. The lowest BCUT2D eigenvalue weighted by atomic mass is 10.3. The van der Waals surface area contributed by atoms with Crippen LogP contribution in [0.4, 0.5) is 10.2 Å². The molecule has 0 aliphatic carbocycles. The lowest BCUT2D eigenvalue weighted by Gasteiger charge is -2.19. The first-order chi connectivity index (χ1) is 14.2. The van der Waals surface area contributed by atoms with Crippen LogP contribution < -0.4 is 15.5 Å². The van der Waals surface area contributed by atoms with Crippen LogP contribution in [0.25, 0.3) is 5.69 Å². The van der Waals surface area contributed by atoms with E-state index in [0.29, 0.717) is 24.9 Å². The van der Waals surface area contributed by atoms with Gasteiger partial charge in [-0.05, 0) is 36.8 Å². The fourth-order valence-corrected chi connectivity index (χ4v) is 3.42. The highest BCUT2D eigenvalue weighted by Crippen LogP contribution is 2.20. The quantitative estimate of drug-likeness (QED) is 0.514. The zero-order valence-corrected chi connectivity index (χ0v) is 16.3. The molecule has 0 amide bonds. The standard InChI is InChI=1S/C21H24FN7/c1-23-21(25-14-16-10-13-29(27-16)18-6-3-2-4-7-18)26-17-9-12-28(15-17)20-19(22)8-5-11-24-20/h2-8,10-11,13,17H,9,12,14-15H2,1H3,(H2,23,25,26). The molecule has 0 spiro atoms. The number of hydrogen-bond donors (Lipinski definition) is 2. The second-order valence-corrected chi connectivity index (χ2v) is 6.90. The van der Waals surface area contributed by atoms with Crippen LogP contribution in [0.2, 0.25) is 0 Å². The minimum absolute atomic E-state index is 0.171. The van der Waals surface area contributed by atoms with Crippen LogP contribution in [0.1, 0.15) is 12.1 Å². The largest absolute Gasteiger partial charge is 0.352 e. The Labute approximate surface area is 169 Å². The number of benzene rings is 1. The van der Waals surface area contributed by atoms with Gasteiger partial charge in [0.2, 0.25) is 0 Å². The molecule has 1 aromatic carbocycles. The van der Waals surface area contributed by atoms with Crippen LogP contribution in [-0.4, -0.2) is 46.9 Å². The molecule has 3 heterocycles. The number of halogens is 1. The van der Waals surface area contributed by atoms with E-state index in [9.17, 15) is 4.39 Å². The maximum atomic E-state index is 14.0. The molecular weight excluding hydrogens is 369 g/mol. The van der Waals surface area contributed by atoms with Crippen molar-refractivity contribution in [2.24, 2.45) is 4.99 Å². The molecule has 1 unspecified atom stereocenters. The number of para-hydroxylation sites is 1. The Hall–Kier alpha value is -3.42. The monoisotopic (exact) mass is 393 g/mol. The highest BCUT2D eigenvalue weighted by molar-refractivity contribution is 5.80. The number of aromatic nitrogens is 3. The molecule has 8 heteroatoms. The van der Waals surface area contributed by atoms with Crippen molar-refractivity contribution in [1.29, 1.82) is 0 Å². The minimum atomic E-state index is -0.287. The Morgan fingerprint density at radius 2 is 2.07 bits per heavy atom. The van der Waals surface area contributed by atoms with Gasteiger partial charge in [-0.1, -0.05) is 18.2 Å². The molecule has 3 aromatic rings. The molecular formula is C21H24FN7. The average Bonchev–Trinajstić information content (AvgIpc) is 3.42. The molecule has 0 saturated carbocycles. The van der Waals surface area contributed by atoms with Crippen molar-refractivity contribution in [3.05, 3.63) is 72.4 Å². The topological polar surface area (TPSA) is 70.4 Å². The maximum absolute atomic E-state index is 14.0. The summed E-state index contributed by atoms with van der Waals surface area (Å²) in [5, 5.41) is 11.3. The second kappa shape index (κ2) is 8.72. The van der Waals surface area contributed by atoms with Gasteiger partial charge in [-0.15, -0.1) is 0 Å². The molecule has 0 radical (unpaired) electrons. The van der Waals surface area contributed by atoms with Gasteiger partial charge in [-0.25, -0.2) is 14.1 Å². The minimum Gasteiger partial charge on any atom is -0.352 e. The lowest BCUT2D eigenvalue weighted by Crippen LogP contribution is -2.44. The highest BCUT2D eigenvalue weighted by Gasteiger charge is 2.25. The van der Waals surface area contributed by atoms with Crippen molar-refractivity contribution < 1.29 is 4.39 Å². The summed E-state index contributed by atoms with van der Waals surface area (Å²) in [4.78, 5) is 10.4. The van der Waals surface area contributed by atoms with E-state index in [1.54, 1.807) is 19.3 Å². The van der Waals surface area contributed by atoms with Gasteiger partial charge in [0.1, 0.15) is 0 Å². The van der Waals surface area contributed by atoms with Gasteiger partial charge in [0.15, 0.2) is 17.6 Å². The maximum Gasteiger partial charge on any atom is 0.191 e. The SMILES string of the molecule is CN=C(NCc1ccn(-c2ccccc2)n1)NC1CCN(c2ncccc2F)C1. The van der Waals surface area contributed by atoms with Crippen LogP contribution in [-0.2, 0) is 6.54 Å². The molecule has 150 valence electrons. The Bertz CT molecular complexity index is 970. The van der Waals surface area contributed by atoms with E-state index in [0.717, 1.165) is 24.3 Å². The molecule has 1 atom stereocenters. The summed E-state index contributed by atoms with van der Waals surface area (Å²) in [6, 6.07) is 15.2. The third-order valence-electron chi connectivity index (χ3n) is 4.89. The second-order valence-electron chi connectivity index (χ2n) is 6.90. The number of guanidine groups is 1. The van der Waals surface area contributed by atoms with Gasteiger partial charge in [-0.3, -0.25) is 4.99 Å². The Kier molecular flexibility index (Phi) is 5.69. The van der Waals surface area contributed by atoms with Crippen LogP contribution in [0, 0.1) is 5.82 Å². The number of anilines is 1. The number of aliphatic imine (C=N–C) groups is 1. The molecule has 29 heavy (non-hydrogen) atoms. The van der Waals surface area contributed by atoms with Crippen LogP contribution in [0.5, 0.6) is 0 Å². The first-order valence-corrected chi connectivity index (χ1v) is 9.65. The molecule has 2 aromatic heterocycles. The predicted molar refractivity (Wildman–Crippen MR) is 112 cm³/mol. The Morgan fingerprint density at radius 3 is 2.86 bits per heavy atom. The summed E-state index contributed by atoms with van der Waals surface area (Å²) in [5.74, 6) is 0.823.